The van der Waals surface area contributed by atoms with Crippen LogP contribution in [0.4, 0.5) is 18.9 Å². The number of hydrogen-bond donors (Lipinski definition) is 1. The second-order valence-corrected chi connectivity index (χ2v) is 8.24. The van der Waals surface area contributed by atoms with Crippen LogP contribution in [0.15, 0.2) is 47.3 Å². The molecule has 1 amide bonds. The Morgan fingerprint density at radius 1 is 1.12 bits per heavy atom. The Labute approximate surface area is 194 Å². The number of alkyl halides is 3. The number of nitrogens with one attached hydrogen (secondary N) is 1. The molecule has 0 atom stereocenters. The standard InChI is InChI=1S/C21H17BrF3N7O/c1-11-19(32-10-18(29-30-32)17-9-27-31(3)12(17)2)4-13(8-26-11)20(33)28-16-6-14(21(23,24)25)5-15(22)7-16/h4-10H,1-3H3,(H,28,33). The molecule has 0 fully saturated rings. The molecule has 3 heterocycles. The summed E-state index contributed by atoms with van der Waals surface area (Å²) in [5.41, 5.74) is 2.70. The van der Waals surface area contributed by atoms with Crippen molar-refractivity contribution >= 4 is 27.5 Å². The van der Waals surface area contributed by atoms with E-state index in [4.69, 9.17) is 0 Å². The Balaban J connectivity index is 1.63. The lowest BCUT2D eigenvalue weighted by atomic mass is 10.1. The number of aryl methyl sites for hydroxylation is 2. The number of amides is 1. The summed E-state index contributed by atoms with van der Waals surface area (Å²) in [6, 6.07) is 4.74. The van der Waals surface area contributed by atoms with Gasteiger partial charge in [-0.25, -0.2) is 4.68 Å². The monoisotopic (exact) mass is 519 g/mol. The van der Waals surface area contributed by atoms with E-state index in [9.17, 15) is 18.0 Å². The number of halogens is 4. The molecule has 170 valence electrons. The number of benzene rings is 1. The van der Waals surface area contributed by atoms with Crippen LogP contribution < -0.4 is 5.32 Å². The summed E-state index contributed by atoms with van der Waals surface area (Å²) in [5, 5.41) is 15.0. The van der Waals surface area contributed by atoms with Crippen molar-refractivity contribution in [3.05, 3.63) is 69.8 Å². The normalized spacial score (nSPS) is 11.6. The van der Waals surface area contributed by atoms with Crippen LogP contribution in [0, 0.1) is 13.8 Å². The maximum absolute atomic E-state index is 13.1. The Kier molecular flexibility index (Phi) is 5.78. The smallest absolute Gasteiger partial charge is 0.322 e. The molecule has 0 saturated carbocycles. The molecule has 1 aromatic carbocycles. The highest BCUT2D eigenvalue weighted by molar-refractivity contribution is 9.10. The van der Waals surface area contributed by atoms with Gasteiger partial charge in [-0.05, 0) is 38.1 Å². The quantitative estimate of drug-likeness (QED) is 0.421. The van der Waals surface area contributed by atoms with Gasteiger partial charge >= 0.3 is 6.18 Å². The number of pyridine rings is 1. The largest absolute Gasteiger partial charge is 0.416 e. The van der Waals surface area contributed by atoms with Gasteiger partial charge in [0.15, 0.2) is 0 Å². The highest BCUT2D eigenvalue weighted by atomic mass is 79.9. The molecule has 0 aliphatic rings. The first-order valence-electron chi connectivity index (χ1n) is 9.60. The van der Waals surface area contributed by atoms with Gasteiger partial charge < -0.3 is 5.32 Å². The first-order chi connectivity index (χ1) is 15.5. The van der Waals surface area contributed by atoms with Gasteiger partial charge in [0, 0.05) is 34.7 Å². The maximum atomic E-state index is 13.1. The van der Waals surface area contributed by atoms with Crippen LogP contribution in [0.2, 0.25) is 0 Å². The number of hydrogen-bond acceptors (Lipinski definition) is 5. The zero-order chi connectivity index (χ0) is 23.9. The van der Waals surface area contributed by atoms with Crippen molar-refractivity contribution in [2.24, 2.45) is 7.05 Å². The zero-order valence-electron chi connectivity index (χ0n) is 17.6. The molecule has 0 unspecified atom stereocenters. The van der Waals surface area contributed by atoms with Crippen LogP contribution in [0.1, 0.15) is 27.3 Å². The van der Waals surface area contributed by atoms with E-state index < -0.39 is 17.6 Å². The summed E-state index contributed by atoms with van der Waals surface area (Å²) < 4.78 is 42.6. The van der Waals surface area contributed by atoms with Crippen molar-refractivity contribution in [2.75, 3.05) is 5.32 Å². The van der Waals surface area contributed by atoms with Crippen molar-refractivity contribution in [3.63, 3.8) is 0 Å². The van der Waals surface area contributed by atoms with Crippen LogP contribution in [0.5, 0.6) is 0 Å². The van der Waals surface area contributed by atoms with E-state index in [1.807, 2.05) is 14.0 Å². The first-order valence-corrected chi connectivity index (χ1v) is 10.4. The Morgan fingerprint density at radius 2 is 1.88 bits per heavy atom. The van der Waals surface area contributed by atoms with Crippen molar-refractivity contribution < 1.29 is 18.0 Å². The van der Waals surface area contributed by atoms with E-state index in [1.54, 1.807) is 30.1 Å². The summed E-state index contributed by atoms with van der Waals surface area (Å²) >= 11 is 3.04. The molecule has 3 aromatic heterocycles. The third kappa shape index (κ3) is 4.65. The van der Waals surface area contributed by atoms with E-state index in [-0.39, 0.29) is 15.7 Å². The molecule has 0 spiro atoms. The topological polar surface area (TPSA) is 90.5 Å². The van der Waals surface area contributed by atoms with Gasteiger partial charge in [0.2, 0.25) is 0 Å². The van der Waals surface area contributed by atoms with Crippen LogP contribution in [0.3, 0.4) is 0 Å². The molecule has 33 heavy (non-hydrogen) atoms. The van der Waals surface area contributed by atoms with Crippen LogP contribution >= 0.6 is 15.9 Å². The molecule has 12 heteroatoms. The molecule has 8 nitrogen and oxygen atoms in total. The highest BCUT2D eigenvalue weighted by Crippen LogP contribution is 2.33. The molecule has 0 saturated heterocycles. The van der Waals surface area contributed by atoms with Gasteiger partial charge in [-0.2, -0.15) is 18.3 Å². The van der Waals surface area contributed by atoms with Crippen molar-refractivity contribution in [1.29, 1.82) is 0 Å². The minimum Gasteiger partial charge on any atom is -0.322 e. The van der Waals surface area contributed by atoms with Gasteiger partial charge in [0.05, 0.1) is 34.9 Å². The average molecular weight is 520 g/mol. The maximum Gasteiger partial charge on any atom is 0.416 e. The van der Waals surface area contributed by atoms with Gasteiger partial charge in [0.25, 0.3) is 5.91 Å². The minimum absolute atomic E-state index is 0.00100. The van der Waals surface area contributed by atoms with Crippen molar-refractivity contribution in [1.82, 2.24) is 29.8 Å². The fourth-order valence-electron chi connectivity index (χ4n) is 3.16. The summed E-state index contributed by atoms with van der Waals surface area (Å²) in [5.74, 6) is -0.613. The molecule has 0 bridgehead atoms. The number of anilines is 1. The summed E-state index contributed by atoms with van der Waals surface area (Å²) in [7, 11) is 1.82. The molecule has 0 aliphatic carbocycles. The van der Waals surface area contributed by atoms with Gasteiger partial charge in [0.1, 0.15) is 5.69 Å². The van der Waals surface area contributed by atoms with E-state index in [0.717, 1.165) is 23.4 Å². The Morgan fingerprint density at radius 3 is 2.55 bits per heavy atom. The second-order valence-electron chi connectivity index (χ2n) is 7.32. The summed E-state index contributed by atoms with van der Waals surface area (Å²) in [4.78, 5) is 17.0. The molecule has 1 N–H and O–H groups in total. The van der Waals surface area contributed by atoms with E-state index in [1.165, 1.54) is 16.9 Å². The lowest BCUT2D eigenvalue weighted by molar-refractivity contribution is -0.137. The number of nitrogens with zero attached hydrogens (tertiary/aromatic N) is 6. The predicted molar refractivity (Wildman–Crippen MR) is 118 cm³/mol. The van der Waals surface area contributed by atoms with Crippen LogP contribution in [0.25, 0.3) is 16.9 Å². The average Bonchev–Trinajstić information content (AvgIpc) is 3.34. The lowest BCUT2D eigenvalue weighted by Crippen LogP contribution is -2.15. The minimum atomic E-state index is -4.54. The molecule has 0 radical (unpaired) electrons. The molecule has 0 aliphatic heterocycles. The molecule has 4 aromatic rings. The van der Waals surface area contributed by atoms with E-state index >= 15 is 0 Å². The lowest BCUT2D eigenvalue weighted by Gasteiger charge is -2.12. The summed E-state index contributed by atoms with van der Waals surface area (Å²) in [6.45, 7) is 3.66. The predicted octanol–water partition coefficient (Wildman–Crippen LogP) is 4.71. The van der Waals surface area contributed by atoms with Crippen molar-refractivity contribution in [2.45, 2.75) is 20.0 Å². The number of carbonyl (C=O) groups excluding carboxylic acids is 1. The van der Waals surface area contributed by atoms with E-state index in [0.29, 0.717) is 17.1 Å². The van der Waals surface area contributed by atoms with Crippen molar-refractivity contribution in [3.8, 4) is 16.9 Å². The summed E-state index contributed by atoms with van der Waals surface area (Å²) in [6.07, 6.45) is 0.185. The highest BCUT2D eigenvalue weighted by Gasteiger charge is 2.31. The molecule has 4 rings (SSSR count). The molecular formula is C21H17BrF3N7O. The Bertz CT molecular complexity index is 1360. The number of rotatable bonds is 4. The van der Waals surface area contributed by atoms with Crippen LogP contribution in [-0.4, -0.2) is 35.7 Å². The van der Waals surface area contributed by atoms with Gasteiger partial charge in [-0.15, -0.1) is 5.10 Å². The van der Waals surface area contributed by atoms with Gasteiger partial charge in [-0.3, -0.25) is 14.5 Å². The second kappa shape index (κ2) is 8.43. The third-order valence-electron chi connectivity index (χ3n) is 5.06. The fourth-order valence-corrected chi connectivity index (χ4v) is 3.65. The fraction of sp³-hybridized carbons (Fsp3) is 0.190. The van der Waals surface area contributed by atoms with E-state index in [2.05, 4.69) is 41.6 Å². The number of aromatic nitrogens is 6. The number of carbonyl (C=O) groups is 1. The first kappa shape index (κ1) is 22.6. The SMILES string of the molecule is Cc1ncc(C(=O)Nc2cc(Br)cc(C(F)(F)F)c2)cc1-n1cc(-c2cnn(C)c2C)nn1. The third-order valence-corrected chi connectivity index (χ3v) is 5.51. The van der Waals surface area contributed by atoms with Crippen LogP contribution in [-0.2, 0) is 13.2 Å². The van der Waals surface area contributed by atoms with Gasteiger partial charge in [-0.1, -0.05) is 21.1 Å². The molecular weight excluding hydrogens is 503 g/mol. The zero-order valence-corrected chi connectivity index (χ0v) is 19.2. The Hall–Kier alpha value is -3.54.